The van der Waals surface area contributed by atoms with Crippen molar-refractivity contribution in [1.82, 2.24) is 10.2 Å². The average Bonchev–Trinajstić information content (AvgIpc) is 3.12. The van der Waals surface area contributed by atoms with Crippen LogP contribution < -0.4 is 15.0 Å². The van der Waals surface area contributed by atoms with Crippen molar-refractivity contribution >= 4 is 57.6 Å². The van der Waals surface area contributed by atoms with Crippen molar-refractivity contribution in [2.24, 2.45) is 0 Å². The van der Waals surface area contributed by atoms with Gasteiger partial charge in [0.05, 0.1) is 12.8 Å². The predicted octanol–water partition coefficient (Wildman–Crippen LogP) is 2.79. The van der Waals surface area contributed by atoms with Gasteiger partial charge in [0.1, 0.15) is 20.0 Å². The molecule has 1 fully saturated rings. The van der Waals surface area contributed by atoms with E-state index in [-0.39, 0.29) is 11.8 Å². The van der Waals surface area contributed by atoms with Gasteiger partial charge >= 0.3 is 0 Å². The molecule has 0 saturated carbocycles. The molecule has 1 saturated heterocycles. The maximum atomic E-state index is 12.9. The highest BCUT2D eigenvalue weighted by Crippen LogP contribution is 2.51. The molecule has 0 unspecified atom stereocenters. The van der Waals surface area contributed by atoms with Gasteiger partial charge in [0.2, 0.25) is 5.91 Å². The fourth-order valence-corrected chi connectivity index (χ4v) is 5.40. The van der Waals surface area contributed by atoms with Crippen molar-refractivity contribution in [2.75, 3.05) is 31.6 Å². The van der Waals surface area contributed by atoms with Gasteiger partial charge in [-0.25, -0.2) is 0 Å². The van der Waals surface area contributed by atoms with Crippen molar-refractivity contribution < 1.29 is 14.3 Å². The number of rotatable bonds is 5. The van der Waals surface area contributed by atoms with Crippen molar-refractivity contribution in [3.63, 3.8) is 0 Å². The van der Waals surface area contributed by atoms with E-state index in [9.17, 15) is 9.59 Å². The average molecular weight is 410 g/mol. The van der Waals surface area contributed by atoms with E-state index in [0.717, 1.165) is 27.9 Å². The van der Waals surface area contributed by atoms with Gasteiger partial charge in [0.15, 0.2) is 0 Å². The highest BCUT2D eigenvalue weighted by molar-refractivity contribution is 8.27. The van der Waals surface area contributed by atoms with E-state index in [1.807, 2.05) is 25.1 Å². The van der Waals surface area contributed by atoms with Gasteiger partial charge in [-0.1, -0.05) is 35.7 Å². The number of carbonyl (C=O) groups is 2. The number of benzene rings is 1. The lowest BCUT2D eigenvalue weighted by Gasteiger charge is -2.19. The fraction of sp³-hybridized carbons (Fsp3) is 0.353. The molecule has 1 N–H and O–H groups in total. The number of nitrogens with zero attached hydrogens (tertiary/aromatic N) is 2. The number of fused-ring (bicyclic) bond motifs is 1. The van der Waals surface area contributed by atoms with Crippen LogP contribution in [0, 0.1) is 0 Å². The highest BCUT2D eigenvalue weighted by Gasteiger charge is 2.38. The zero-order chi connectivity index (χ0) is 18.8. The zero-order valence-electron chi connectivity index (χ0n) is 14.7. The van der Waals surface area contributed by atoms with E-state index in [1.54, 1.807) is 23.8 Å². The van der Waals surface area contributed by atoms with Crippen molar-refractivity contribution in [3.8, 4) is 5.75 Å². The third-order valence-corrected chi connectivity index (χ3v) is 6.73. The number of ether oxygens (including phenoxy) is 1. The number of hydrogen-bond acceptors (Lipinski definition) is 7. The molecular formula is C17H19N3O3S3. The molecule has 0 radical (unpaired) electrons. The Balaban J connectivity index is 1.87. The second kappa shape index (κ2) is 7.89. The first kappa shape index (κ1) is 19.1. The molecule has 6 nitrogen and oxygen atoms in total. The third kappa shape index (κ3) is 3.56. The van der Waals surface area contributed by atoms with Crippen LogP contribution >= 0.6 is 35.7 Å². The lowest BCUT2D eigenvalue weighted by molar-refractivity contribution is -0.123. The smallest absolute Gasteiger partial charge is 0.268 e. The second-order valence-electron chi connectivity index (χ2n) is 5.62. The summed E-state index contributed by atoms with van der Waals surface area (Å²) in [7, 11) is 1.64. The summed E-state index contributed by atoms with van der Waals surface area (Å²) >= 11 is 8.28. The minimum Gasteiger partial charge on any atom is -0.497 e. The molecule has 2 heterocycles. The van der Waals surface area contributed by atoms with Gasteiger partial charge < -0.3 is 15.0 Å². The Kier molecular flexibility index (Phi) is 5.79. The third-order valence-electron chi connectivity index (χ3n) is 3.98. The van der Waals surface area contributed by atoms with Crippen LogP contribution in [0.5, 0.6) is 5.75 Å². The summed E-state index contributed by atoms with van der Waals surface area (Å²) in [4.78, 5) is 29.3. The number of thioether (sulfide) groups is 2. The van der Waals surface area contributed by atoms with E-state index in [2.05, 4.69) is 10.2 Å². The molecule has 0 bridgehead atoms. The molecule has 0 atom stereocenters. The Labute approximate surface area is 166 Å². The van der Waals surface area contributed by atoms with Gasteiger partial charge in [0, 0.05) is 37.5 Å². The van der Waals surface area contributed by atoms with Gasteiger partial charge in [-0.05, 0) is 19.1 Å². The highest BCUT2D eigenvalue weighted by atomic mass is 32.2. The number of hydrogen-bond donors (Lipinski definition) is 1. The molecule has 2 aliphatic rings. The molecule has 0 spiro atoms. The Bertz CT molecular complexity index is 810. The van der Waals surface area contributed by atoms with Crippen LogP contribution in [0.4, 0.5) is 5.69 Å². The summed E-state index contributed by atoms with van der Waals surface area (Å²) in [6.07, 6.45) is 0. The number of thiocarbonyl (C=S) groups is 1. The molecular weight excluding hydrogens is 390 g/mol. The van der Waals surface area contributed by atoms with E-state index >= 15 is 0 Å². The van der Waals surface area contributed by atoms with Gasteiger partial charge in [-0.2, -0.15) is 0 Å². The van der Waals surface area contributed by atoms with Gasteiger partial charge in [-0.3, -0.25) is 14.5 Å². The minimum atomic E-state index is -0.123. The number of amides is 2. The molecule has 0 aliphatic carbocycles. The zero-order valence-corrected chi connectivity index (χ0v) is 17.1. The topological polar surface area (TPSA) is 61.9 Å². The predicted molar refractivity (Wildman–Crippen MR) is 109 cm³/mol. The molecule has 26 heavy (non-hydrogen) atoms. The van der Waals surface area contributed by atoms with Crippen LogP contribution in [0.2, 0.25) is 0 Å². The minimum absolute atomic E-state index is 0.105. The van der Waals surface area contributed by atoms with Gasteiger partial charge in [-0.15, -0.1) is 0 Å². The SMILES string of the molecule is CCN1C(=C2SC(=S)N(CCNC(C)=O)C2=O)Sc2ccc(OC)cc21. The first-order valence-electron chi connectivity index (χ1n) is 8.12. The summed E-state index contributed by atoms with van der Waals surface area (Å²) < 4.78 is 5.85. The molecule has 2 amide bonds. The second-order valence-corrected chi connectivity index (χ2v) is 8.30. The summed E-state index contributed by atoms with van der Waals surface area (Å²) in [6, 6.07) is 5.91. The van der Waals surface area contributed by atoms with E-state index in [4.69, 9.17) is 17.0 Å². The quantitative estimate of drug-likeness (QED) is 0.593. The maximum Gasteiger partial charge on any atom is 0.268 e. The van der Waals surface area contributed by atoms with Crippen LogP contribution in [0.25, 0.3) is 0 Å². The molecule has 1 aromatic rings. The number of anilines is 1. The van der Waals surface area contributed by atoms with Crippen LogP contribution in [0.15, 0.2) is 33.0 Å². The van der Waals surface area contributed by atoms with E-state index < -0.39 is 0 Å². The molecule has 0 aromatic heterocycles. The lowest BCUT2D eigenvalue weighted by Crippen LogP contribution is -2.36. The standard InChI is InChI=1S/C17H19N3O3S3/c1-4-19-12-9-11(23-3)5-6-13(12)25-16(19)14-15(22)20(17(24)26-14)8-7-18-10(2)21/h5-6,9H,4,7-8H2,1-3H3,(H,18,21). The summed E-state index contributed by atoms with van der Waals surface area (Å²) in [5.41, 5.74) is 1.04. The molecule has 3 rings (SSSR count). The Hall–Kier alpha value is -1.71. The Morgan fingerprint density at radius 1 is 1.31 bits per heavy atom. The summed E-state index contributed by atoms with van der Waals surface area (Å²) in [5.74, 6) is 0.555. The maximum absolute atomic E-state index is 12.9. The normalized spacial score (nSPS) is 19.2. The lowest BCUT2D eigenvalue weighted by atomic mass is 10.2. The molecule has 1 aromatic carbocycles. The van der Waals surface area contributed by atoms with Gasteiger partial charge in [0.25, 0.3) is 5.91 Å². The number of methoxy groups -OCH3 is 1. The summed E-state index contributed by atoms with van der Waals surface area (Å²) in [6.45, 7) is 4.99. The first-order chi connectivity index (χ1) is 12.5. The largest absolute Gasteiger partial charge is 0.497 e. The first-order valence-corrected chi connectivity index (χ1v) is 10.2. The van der Waals surface area contributed by atoms with Crippen molar-refractivity contribution in [2.45, 2.75) is 18.7 Å². The van der Waals surface area contributed by atoms with E-state index in [1.165, 1.54) is 18.7 Å². The van der Waals surface area contributed by atoms with Crippen LogP contribution in [0.3, 0.4) is 0 Å². The summed E-state index contributed by atoms with van der Waals surface area (Å²) in [5, 5.41) is 3.60. The molecule has 138 valence electrons. The molecule has 2 aliphatic heterocycles. The number of nitrogens with one attached hydrogen (secondary N) is 1. The Morgan fingerprint density at radius 3 is 2.73 bits per heavy atom. The fourth-order valence-electron chi connectivity index (χ4n) is 2.74. The van der Waals surface area contributed by atoms with Crippen molar-refractivity contribution in [3.05, 3.63) is 28.1 Å². The Morgan fingerprint density at radius 2 is 2.08 bits per heavy atom. The van der Waals surface area contributed by atoms with Crippen LogP contribution in [-0.4, -0.2) is 47.8 Å². The van der Waals surface area contributed by atoms with Crippen LogP contribution in [0.1, 0.15) is 13.8 Å². The molecule has 9 heteroatoms. The van der Waals surface area contributed by atoms with Crippen LogP contribution in [-0.2, 0) is 9.59 Å². The monoisotopic (exact) mass is 409 g/mol. The van der Waals surface area contributed by atoms with Crippen molar-refractivity contribution in [1.29, 1.82) is 0 Å². The number of carbonyl (C=O) groups excluding carboxylic acids is 2. The van der Waals surface area contributed by atoms with E-state index in [0.29, 0.717) is 22.3 Å².